The zero-order valence-electron chi connectivity index (χ0n) is 43.4. The first-order valence-corrected chi connectivity index (χ1v) is 27.2. The van der Waals surface area contributed by atoms with Gasteiger partial charge in [0.05, 0.1) is 11.0 Å². The van der Waals surface area contributed by atoms with Gasteiger partial charge in [0, 0.05) is 31.8 Å². The average Bonchev–Trinajstić information content (AvgIpc) is 4.16. The van der Waals surface area contributed by atoms with Crippen molar-refractivity contribution in [3.8, 4) is 77.9 Å². The van der Waals surface area contributed by atoms with Gasteiger partial charge in [0.1, 0.15) is 6.67 Å². The van der Waals surface area contributed by atoms with Crippen molar-refractivity contribution < 1.29 is 0 Å². The van der Waals surface area contributed by atoms with E-state index in [1.165, 1.54) is 27.6 Å². The minimum absolute atomic E-state index is 0.176. The number of benzene rings is 11. The summed E-state index contributed by atoms with van der Waals surface area (Å²) in [5.41, 5.74) is 22.4. The monoisotopic (exact) mass is 1060 g/mol. The Balaban J connectivity index is 0.975. The normalized spacial score (nSPS) is 12.9. The third kappa shape index (κ3) is 9.12. The molecule has 78 heavy (non-hydrogen) atoms. The molecule has 1 heterocycles. The van der Waals surface area contributed by atoms with Crippen LogP contribution in [0, 0.1) is 0 Å². The quantitative estimate of drug-likeness (QED) is 0.0968. The Morgan fingerprint density at radius 2 is 0.821 bits per heavy atom. The first kappa shape index (κ1) is 48.4. The van der Waals surface area contributed by atoms with Gasteiger partial charge in [-0.05, 0) is 175 Å². The predicted octanol–water partition coefficient (Wildman–Crippen LogP) is 19.4. The summed E-state index contributed by atoms with van der Waals surface area (Å²) in [5, 5.41) is 2.35. The van der Waals surface area contributed by atoms with E-state index in [1.807, 2.05) is 0 Å². The maximum atomic E-state index is 5.57. The van der Waals surface area contributed by atoms with E-state index in [9.17, 15) is 0 Å². The standard InChI is InChI=1S/C73H53BrN4/c1-73(2)67-33-17-16-32-63(67)64-45-66-65-44-62(74)34-35-69(65)78(70(66)46-68(64)73)47-76-72(55-31-19-29-53(37-55)61-42-58(50-24-12-6-13-25-50)39-59(43-61)51-26-14-7-15-27-51)77-71(75-3)54-30-18-28-52(36-54)60-40-56(48-20-8-4-9-21-48)38-57(41-60)49-22-10-5-11-23-49/h4-46H,3,47H2,1-2H3/b76-72-,77-71-. The molecule has 0 saturated carbocycles. The smallest absolute Gasteiger partial charge is 0.161 e. The van der Waals surface area contributed by atoms with Crippen molar-refractivity contribution in [2.75, 3.05) is 0 Å². The maximum absolute atomic E-state index is 5.57. The molecule has 1 aromatic heterocycles. The van der Waals surface area contributed by atoms with Crippen LogP contribution in [0.3, 0.4) is 0 Å². The number of halogens is 1. The molecule has 0 amide bonds. The molecule has 0 saturated heterocycles. The lowest BCUT2D eigenvalue weighted by Gasteiger charge is -2.21. The minimum Gasteiger partial charge on any atom is -0.320 e. The van der Waals surface area contributed by atoms with Gasteiger partial charge in [0.2, 0.25) is 0 Å². The fraction of sp³-hybridized carbons (Fsp3) is 0.0548. The molecule has 12 aromatic rings. The van der Waals surface area contributed by atoms with Crippen LogP contribution < -0.4 is 0 Å². The summed E-state index contributed by atoms with van der Waals surface area (Å²) < 4.78 is 3.37. The van der Waals surface area contributed by atoms with Gasteiger partial charge in [-0.3, -0.25) is 0 Å². The molecule has 0 spiro atoms. The van der Waals surface area contributed by atoms with Crippen molar-refractivity contribution in [3.05, 3.63) is 288 Å². The van der Waals surface area contributed by atoms with Gasteiger partial charge < -0.3 is 4.57 Å². The fourth-order valence-corrected chi connectivity index (χ4v) is 11.9. The van der Waals surface area contributed by atoms with Crippen LogP contribution in [-0.2, 0) is 12.1 Å². The molecule has 0 N–H and O–H groups in total. The zero-order valence-corrected chi connectivity index (χ0v) is 45.0. The number of rotatable bonds is 10. The van der Waals surface area contributed by atoms with Gasteiger partial charge >= 0.3 is 0 Å². The van der Waals surface area contributed by atoms with Gasteiger partial charge in [-0.2, -0.15) is 0 Å². The number of hydrogen-bond acceptors (Lipinski definition) is 1. The van der Waals surface area contributed by atoms with E-state index >= 15 is 0 Å². The minimum atomic E-state index is -0.176. The fourth-order valence-electron chi connectivity index (χ4n) is 11.5. The van der Waals surface area contributed by atoms with Crippen LogP contribution in [0.5, 0.6) is 0 Å². The van der Waals surface area contributed by atoms with Crippen molar-refractivity contribution >= 4 is 56.1 Å². The second-order valence-corrected chi connectivity index (χ2v) is 21.5. The molecule has 13 rings (SSSR count). The Bertz CT molecular complexity index is 4210. The SMILES string of the molecule is C=N/C(=N\C(=N/Cn1c2ccc(Br)cc2c2cc3c(cc21)C(C)(C)c1ccccc1-3)c1cccc(-c2cc(-c3ccccc3)cc(-c3ccccc3)c2)c1)c1cccc(-c2cc(-c3ccccc3)cc(-c3ccccc3)c2)c1. The number of hydrogen-bond donors (Lipinski definition) is 0. The molecule has 0 radical (unpaired) electrons. The van der Waals surface area contributed by atoms with Gasteiger partial charge in [0.25, 0.3) is 0 Å². The van der Waals surface area contributed by atoms with Gasteiger partial charge in [-0.25, -0.2) is 15.0 Å². The zero-order chi connectivity index (χ0) is 52.7. The van der Waals surface area contributed by atoms with Crippen molar-refractivity contribution in [3.63, 3.8) is 0 Å². The summed E-state index contributed by atoms with van der Waals surface area (Å²) in [6.07, 6.45) is 0. The average molecular weight is 1070 g/mol. The second-order valence-electron chi connectivity index (χ2n) is 20.6. The third-order valence-electron chi connectivity index (χ3n) is 15.5. The van der Waals surface area contributed by atoms with Gasteiger partial charge in [0.15, 0.2) is 11.7 Å². The number of amidine groups is 2. The molecular weight excluding hydrogens is 1010 g/mol. The molecule has 0 atom stereocenters. The van der Waals surface area contributed by atoms with E-state index < -0.39 is 0 Å². The van der Waals surface area contributed by atoms with E-state index in [-0.39, 0.29) is 5.41 Å². The summed E-state index contributed by atoms with van der Waals surface area (Å²) in [7, 11) is 0. The van der Waals surface area contributed by atoms with Crippen molar-refractivity contribution in [1.82, 2.24) is 4.57 Å². The topological polar surface area (TPSA) is 42.0 Å². The van der Waals surface area contributed by atoms with Crippen LogP contribution >= 0.6 is 15.9 Å². The highest BCUT2D eigenvalue weighted by molar-refractivity contribution is 9.10. The molecule has 1 aliphatic carbocycles. The molecule has 0 unspecified atom stereocenters. The van der Waals surface area contributed by atoms with E-state index in [1.54, 1.807) is 0 Å². The van der Waals surface area contributed by atoms with Gasteiger partial charge in [-0.15, -0.1) is 0 Å². The van der Waals surface area contributed by atoms with Crippen LogP contribution in [0.2, 0.25) is 0 Å². The highest BCUT2D eigenvalue weighted by Gasteiger charge is 2.36. The molecular formula is C73H53BrN4. The summed E-state index contributed by atoms with van der Waals surface area (Å²) >= 11 is 3.82. The largest absolute Gasteiger partial charge is 0.320 e. The predicted molar refractivity (Wildman–Crippen MR) is 333 cm³/mol. The first-order valence-electron chi connectivity index (χ1n) is 26.4. The Hall–Kier alpha value is -9.29. The van der Waals surface area contributed by atoms with Crippen LogP contribution in [0.15, 0.2) is 280 Å². The molecule has 1 aliphatic rings. The van der Waals surface area contributed by atoms with E-state index in [2.05, 4.69) is 302 Å². The molecule has 0 fully saturated rings. The third-order valence-corrected chi connectivity index (χ3v) is 15.9. The number of nitrogens with zero attached hydrogens (tertiary/aromatic N) is 4. The van der Waals surface area contributed by atoms with E-state index in [0.717, 1.165) is 98.8 Å². The highest BCUT2D eigenvalue weighted by atomic mass is 79.9. The Labute approximate surface area is 464 Å². The number of aliphatic imine (C=N–C) groups is 3. The highest BCUT2D eigenvalue weighted by Crippen LogP contribution is 2.51. The Morgan fingerprint density at radius 3 is 1.32 bits per heavy atom. The Kier molecular flexibility index (Phi) is 12.6. The van der Waals surface area contributed by atoms with Crippen LogP contribution in [0.1, 0.15) is 36.1 Å². The lowest BCUT2D eigenvalue weighted by Crippen LogP contribution is -2.15. The summed E-state index contributed by atoms with van der Waals surface area (Å²) in [4.78, 5) is 15.7. The maximum Gasteiger partial charge on any atom is 0.161 e. The lowest BCUT2D eigenvalue weighted by atomic mass is 9.82. The second kappa shape index (κ2) is 20.3. The van der Waals surface area contributed by atoms with Crippen LogP contribution in [0.25, 0.3) is 99.7 Å². The van der Waals surface area contributed by atoms with Crippen molar-refractivity contribution in [1.29, 1.82) is 0 Å². The lowest BCUT2D eigenvalue weighted by molar-refractivity contribution is 0.660. The first-order chi connectivity index (χ1) is 38.2. The summed E-state index contributed by atoms with van der Waals surface area (Å²) in [5.74, 6) is 1.02. The number of fused-ring (bicyclic) bond motifs is 6. The molecule has 5 heteroatoms. The molecule has 11 aromatic carbocycles. The molecule has 0 aliphatic heterocycles. The van der Waals surface area contributed by atoms with Crippen molar-refractivity contribution in [2.24, 2.45) is 15.0 Å². The summed E-state index contributed by atoms with van der Waals surface area (Å²) in [6, 6.07) is 93.3. The molecule has 372 valence electrons. The van der Waals surface area contributed by atoms with Gasteiger partial charge in [-0.1, -0.05) is 212 Å². The van der Waals surface area contributed by atoms with Crippen molar-refractivity contribution in [2.45, 2.75) is 25.9 Å². The van der Waals surface area contributed by atoms with E-state index in [4.69, 9.17) is 15.0 Å². The molecule has 4 nitrogen and oxygen atoms in total. The van der Waals surface area contributed by atoms with Crippen LogP contribution in [0.4, 0.5) is 0 Å². The number of aromatic nitrogens is 1. The van der Waals surface area contributed by atoms with E-state index in [0.29, 0.717) is 18.3 Å². The van der Waals surface area contributed by atoms with Crippen LogP contribution in [-0.4, -0.2) is 23.0 Å². The summed E-state index contributed by atoms with van der Waals surface area (Å²) in [6.45, 7) is 9.13. The Morgan fingerprint density at radius 1 is 0.385 bits per heavy atom. The molecule has 0 bridgehead atoms.